The molecule has 6 heteroatoms. The molecule has 3 heterocycles. The number of fused-ring (bicyclic) bond motifs is 2. The van der Waals surface area contributed by atoms with Gasteiger partial charge in [0.05, 0.1) is 13.2 Å². The van der Waals surface area contributed by atoms with Crippen molar-refractivity contribution in [1.29, 1.82) is 0 Å². The molecule has 0 bridgehead atoms. The first-order valence-electron chi connectivity index (χ1n) is 6.93. The van der Waals surface area contributed by atoms with Crippen LogP contribution in [-0.2, 0) is 26.2 Å². The molecule has 0 amide bonds. The Bertz CT molecular complexity index is 798. The van der Waals surface area contributed by atoms with E-state index >= 15 is 0 Å². The van der Waals surface area contributed by atoms with Crippen LogP contribution in [-0.4, -0.2) is 29.8 Å². The maximum atomic E-state index is 9.22. The summed E-state index contributed by atoms with van der Waals surface area (Å²) in [4.78, 5) is 2.30. The minimum atomic E-state index is 0.0893. The van der Waals surface area contributed by atoms with Gasteiger partial charge in [0.15, 0.2) is 11.5 Å². The first kappa shape index (κ1) is 12.4. The van der Waals surface area contributed by atoms with Crippen LogP contribution in [0.1, 0.15) is 22.5 Å². The Labute approximate surface area is 121 Å². The van der Waals surface area contributed by atoms with Crippen molar-refractivity contribution in [2.75, 3.05) is 0 Å². The minimum absolute atomic E-state index is 0.0893. The van der Waals surface area contributed by atoms with Gasteiger partial charge in [-0.15, -0.1) is 10.2 Å². The zero-order chi connectivity index (χ0) is 14.2. The second kappa shape index (κ2) is 4.91. The Balaban J connectivity index is 1.57. The van der Waals surface area contributed by atoms with Gasteiger partial charge in [-0.3, -0.25) is 4.90 Å². The van der Waals surface area contributed by atoms with Gasteiger partial charge in [-0.1, -0.05) is 18.2 Å². The van der Waals surface area contributed by atoms with E-state index in [1.165, 1.54) is 11.1 Å². The lowest BCUT2D eigenvalue weighted by Crippen LogP contribution is -2.18. The Hall–Kier alpha value is -2.31. The third kappa shape index (κ3) is 2.18. The van der Waals surface area contributed by atoms with Crippen molar-refractivity contribution < 1.29 is 5.11 Å². The quantitative estimate of drug-likeness (QED) is 0.779. The number of aliphatic hydroxyl groups is 1. The number of hydrogen-bond acceptors (Lipinski definition) is 5. The van der Waals surface area contributed by atoms with E-state index in [0.29, 0.717) is 6.54 Å². The van der Waals surface area contributed by atoms with Crippen molar-refractivity contribution in [1.82, 2.24) is 24.7 Å². The van der Waals surface area contributed by atoms with Gasteiger partial charge in [-0.05, 0) is 28.8 Å². The standard InChI is InChI=1S/C15H15N5O/c21-10-11-3-4-12-7-19(8-13(12)6-11)9-15-18-17-14-2-1-5-16-20(14)15/h1-6,21H,7-10H2. The van der Waals surface area contributed by atoms with Crippen LogP contribution < -0.4 is 0 Å². The summed E-state index contributed by atoms with van der Waals surface area (Å²) in [6.07, 6.45) is 1.74. The van der Waals surface area contributed by atoms with Crippen LogP contribution >= 0.6 is 0 Å². The maximum absolute atomic E-state index is 9.22. The van der Waals surface area contributed by atoms with E-state index in [1.54, 1.807) is 10.7 Å². The highest BCUT2D eigenvalue weighted by Gasteiger charge is 2.21. The normalized spacial score (nSPS) is 14.7. The number of hydrogen-bond donors (Lipinski definition) is 1. The lowest BCUT2D eigenvalue weighted by atomic mass is 10.1. The van der Waals surface area contributed by atoms with E-state index in [1.807, 2.05) is 18.2 Å². The van der Waals surface area contributed by atoms with Crippen molar-refractivity contribution in [2.24, 2.45) is 0 Å². The second-order valence-corrected chi connectivity index (χ2v) is 5.32. The molecule has 0 saturated carbocycles. The Morgan fingerprint density at radius 1 is 1.10 bits per heavy atom. The molecule has 0 fully saturated rings. The minimum Gasteiger partial charge on any atom is -0.392 e. The lowest BCUT2D eigenvalue weighted by molar-refractivity contribution is 0.265. The van der Waals surface area contributed by atoms with Crippen molar-refractivity contribution in [3.05, 3.63) is 59.0 Å². The molecule has 3 aromatic rings. The molecule has 6 nitrogen and oxygen atoms in total. The van der Waals surface area contributed by atoms with Crippen LogP contribution in [0.15, 0.2) is 36.5 Å². The molecular formula is C15H15N5O. The molecule has 2 aromatic heterocycles. The van der Waals surface area contributed by atoms with Gasteiger partial charge in [-0.2, -0.15) is 9.61 Å². The van der Waals surface area contributed by atoms with Gasteiger partial charge in [-0.25, -0.2) is 0 Å². The summed E-state index contributed by atoms with van der Waals surface area (Å²) >= 11 is 0. The maximum Gasteiger partial charge on any atom is 0.177 e. The van der Waals surface area contributed by atoms with Crippen LogP contribution in [0.5, 0.6) is 0 Å². The summed E-state index contributed by atoms with van der Waals surface area (Å²) in [5.74, 6) is 0.848. The molecule has 4 rings (SSSR count). The molecule has 21 heavy (non-hydrogen) atoms. The van der Waals surface area contributed by atoms with Crippen LogP contribution in [0.25, 0.3) is 5.65 Å². The van der Waals surface area contributed by atoms with Gasteiger partial charge < -0.3 is 5.11 Å². The average molecular weight is 281 g/mol. The van der Waals surface area contributed by atoms with Gasteiger partial charge in [0, 0.05) is 19.3 Å². The number of aromatic nitrogens is 4. The number of benzene rings is 1. The predicted octanol–water partition coefficient (Wildman–Crippen LogP) is 1.13. The van der Waals surface area contributed by atoms with Gasteiger partial charge in [0.25, 0.3) is 0 Å². The van der Waals surface area contributed by atoms with Gasteiger partial charge in [0.2, 0.25) is 0 Å². The highest BCUT2D eigenvalue weighted by Crippen LogP contribution is 2.25. The molecule has 1 aromatic carbocycles. The highest BCUT2D eigenvalue weighted by atomic mass is 16.3. The number of nitrogens with zero attached hydrogens (tertiary/aromatic N) is 5. The van der Waals surface area contributed by atoms with E-state index in [9.17, 15) is 5.11 Å². The topological polar surface area (TPSA) is 66.5 Å². The average Bonchev–Trinajstić information content (AvgIpc) is 3.10. The van der Waals surface area contributed by atoms with Crippen molar-refractivity contribution in [3.8, 4) is 0 Å². The number of rotatable bonds is 3. The van der Waals surface area contributed by atoms with E-state index in [0.717, 1.165) is 30.1 Å². The summed E-state index contributed by atoms with van der Waals surface area (Å²) in [5, 5.41) is 21.9. The summed E-state index contributed by atoms with van der Waals surface area (Å²) < 4.78 is 1.78. The fourth-order valence-corrected chi connectivity index (χ4v) is 2.82. The molecule has 1 aliphatic rings. The van der Waals surface area contributed by atoms with E-state index in [-0.39, 0.29) is 6.61 Å². The Morgan fingerprint density at radius 2 is 2.00 bits per heavy atom. The first-order valence-corrected chi connectivity index (χ1v) is 6.93. The largest absolute Gasteiger partial charge is 0.392 e. The monoisotopic (exact) mass is 281 g/mol. The molecule has 1 N–H and O–H groups in total. The zero-order valence-corrected chi connectivity index (χ0v) is 11.5. The van der Waals surface area contributed by atoms with Crippen LogP contribution in [0, 0.1) is 0 Å². The first-order chi connectivity index (χ1) is 10.3. The molecule has 0 spiro atoms. The van der Waals surface area contributed by atoms with Crippen LogP contribution in [0.4, 0.5) is 0 Å². The molecule has 0 radical (unpaired) electrons. The highest BCUT2D eigenvalue weighted by molar-refractivity contribution is 5.36. The molecule has 1 aliphatic heterocycles. The third-order valence-electron chi connectivity index (χ3n) is 3.85. The molecule has 106 valence electrons. The van der Waals surface area contributed by atoms with Crippen molar-refractivity contribution in [3.63, 3.8) is 0 Å². The lowest BCUT2D eigenvalue weighted by Gasteiger charge is -2.12. The zero-order valence-electron chi connectivity index (χ0n) is 11.5. The van der Waals surface area contributed by atoms with Crippen molar-refractivity contribution >= 4 is 5.65 Å². The summed E-state index contributed by atoms with van der Waals surface area (Å²) in [6.45, 7) is 2.56. The van der Waals surface area contributed by atoms with Crippen LogP contribution in [0.3, 0.4) is 0 Å². The molecule has 0 aliphatic carbocycles. The SMILES string of the molecule is OCc1ccc2c(c1)CN(Cc1nnc3cccnn13)C2. The van der Waals surface area contributed by atoms with E-state index in [2.05, 4.69) is 32.3 Å². The fraction of sp³-hybridized carbons (Fsp3) is 0.267. The Morgan fingerprint density at radius 3 is 2.90 bits per heavy atom. The summed E-state index contributed by atoms with van der Waals surface area (Å²) in [6, 6.07) is 9.92. The smallest absolute Gasteiger partial charge is 0.177 e. The second-order valence-electron chi connectivity index (χ2n) is 5.32. The van der Waals surface area contributed by atoms with Crippen LogP contribution in [0.2, 0.25) is 0 Å². The molecular weight excluding hydrogens is 266 g/mol. The third-order valence-corrected chi connectivity index (χ3v) is 3.85. The predicted molar refractivity (Wildman–Crippen MR) is 76.1 cm³/mol. The molecule has 0 unspecified atom stereocenters. The Kier molecular flexibility index (Phi) is 2.90. The number of aliphatic hydroxyl groups excluding tert-OH is 1. The summed E-state index contributed by atoms with van der Waals surface area (Å²) in [5.41, 5.74) is 4.33. The van der Waals surface area contributed by atoms with E-state index < -0.39 is 0 Å². The fourth-order valence-electron chi connectivity index (χ4n) is 2.82. The summed E-state index contributed by atoms with van der Waals surface area (Å²) in [7, 11) is 0. The molecule has 0 atom stereocenters. The van der Waals surface area contributed by atoms with Gasteiger partial charge >= 0.3 is 0 Å². The van der Waals surface area contributed by atoms with Crippen molar-refractivity contribution in [2.45, 2.75) is 26.2 Å². The molecule has 0 saturated heterocycles. The van der Waals surface area contributed by atoms with Gasteiger partial charge in [0.1, 0.15) is 0 Å². The van der Waals surface area contributed by atoms with E-state index in [4.69, 9.17) is 0 Å².